The maximum atomic E-state index is 5.74. The number of pyridine rings is 1. The Kier molecular flexibility index (Phi) is 3.18. The molecule has 116 valence electrons. The lowest BCUT2D eigenvalue weighted by atomic mass is 10.1. The third-order valence-corrected chi connectivity index (χ3v) is 3.73. The number of nitrogens with zero attached hydrogens (tertiary/aromatic N) is 5. The van der Waals surface area contributed by atoms with E-state index >= 15 is 0 Å². The molecule has 4 rings (SSSR count). The number of aromatic nitrogens is 6. The number of hydrogen-bond acceptors (Lipinski definition) is 5. The van der Waals surface area contributed by atoms with Crippen LogP contribution in [0.5, 0.6) is 0 Å². The molecule has 0 amide bonds. The number of rotatable bonds is 4. The fourth-order valence-corrected chi connectivity index (χ4v) is 2.59. The minimum Gasteiger partial charge on any atom is -0.421 e. The Morgan fingerprint density at radius 3 is 2.91 bits per heavy atom. The van der Waals surface area contributed by atoms with Crippen molar-refractivity contribution in [2.24, 2.45) is 7.05 Å². The van der Waals surface area contributed by atoms with Crippen LogP contribution in [0.25, 0.3) is 33.6 Å². The van der Waals surface area contributed by atoms with Crippen molar-refractivity contribution in [1.82, 2.24) is 29.9 Å². The molecule has 7 nitrogen and oxygen atoms in total. The molecule has 0 aliphatic heterocycles. The van der Waals surface area contributed by atoms with Gasteiger partial charge >= 0.3 is 0 Å². The van der Waals surface area contributed by atoms with Crippen LogP contribution in [0.3, 0.4) is 0 Å². The van der Waals surface area contributed by atoms with E-state index in [1.165, 1.54) is 0 Å². The summed E-state index contributed by atoms with van der Waals surface area (Å²) in [5.41, 5.74) is 3.68. The topological polar surface area (TPSA) is 85.4 Å². The maximum Gasteiger partial charge on any atom is 0.249 e. The summed E-state index contributed by atoms with van der Waals surface area (Å²) in [6.45, 7) is 2.08. The lowest BCUT2D eigenvalue weighted by Gasteiger charge is -1.98. The maximum absolute atomic E-state index is 5.74. The third kappa shape index (κ3) is 2.40. The highest BCUT2D eigenvalue weighted by Crippen LogP contribution is 2.30. The Bertz CT molecular complexity index is 964. The molecule has 0 bridgehead atoms. The van der Waals surface area contributed by atoms with E-state index in [-0.39, 0.29) is 0 Å². The first-order valence-corrected chi connectivity index (χ1v) is 7.53. The van der Waals surface area contributed by atoms with Crippen molar-refractivity contribution >= 4 is 11.0 Å². The SMILES string of the molecule is CCCc1nnc(-c2c[nH]c3ncc(-c4cnn(C)c4)cc23)o1. The Hall–Kier alpha value is -2.96. The molecule has 0 atom stereocenters. The zero-order valence-electron chi connectivity index (χ0n) is 12.9. The van der Waals surface area contributed by atoms with Crippen molar-refractivity contribution in [2.45, 2.75) is 19.8 Å². The molecule has 0 aromatic carbocycles. The van der Waals surface area contributed by atoms with Crippen molar-refractivity contribution in [3.05, 3.63) is 36.7 Å². The van der Waals surface area contributed by atoms with Gasteiger partial charge in [0.1, 0.15) is 5.65 Å². The minimum absolute atomic E-state index is 0.518. The highest BCUT2D eigenvalue weighted by molar-refractivity contribution is 5.93. The Morgan fingerprint density at radius 1 is 1.22 bits per heavy atom. The van der Waals surface area contributed by atoms with Gasteiger partial charge in [0.15, 0.2) is 0 Å². The van der Waals surface area contributed by atoms with E-state index in [0.29, 0.717) is 11.8 Å². The molecule has 4 aromatic rings. The summed E-state index contributed by atoms with van der Waals surface area (Å²) in [5, 5.41) is 13.4. The van der Waals surface area contributed by atoms with E-state index < -0.39 is 0 Å². The van der Waals surface area contributed by atoms with Crippen LogP contribution in [0.15, 0.2) is 35.3 Å². The molecule has 0 spiro atoms. The first-order chi connectivity index (χ1) is 11.2. The zero-order valence-corrected chi connectivity index (χ0v) is 12.9. The van der Waals surface area contributed by atoms with Crippen molar-refractivity contribution in [3.63, 3.8) is 0 Å². The summed E-state index contributed by atoms with van der Waals surface area (Å²) in [7, 11) is 1.89. The smallest absolute Gasteiger partial charge is 0.249 e. The van der Waals surface area contributed by atoms with Crippen LogP contribution < -0.4 is 0 Å². The average molecular weight is 308 g/mol. The molecule has 7 heteroatoms. The highest BCUT2D eigenvalue weighted by atomic mass is 16.4. The summed E-state index contributed by atoms with van der Waals surface area (Å²) >= 11 is 0. The second kappa shape index (κ2) is 5.35. The Morgan fingerprint density at radius 2 is 2.13 bits per heavy atom. The van der Waals surface area contributed by atoms with Crippen molar-refractivity contribution in [1.29, 1.82) is 0 Å². The van der Waals surface area contributed by atoms with Gasteiger partial charge in [-0.1, -0.05) is 6.92 Å². The molecule has 0 fully saturated rings. The van der Waals surface area contributed by atoms with Gasteiger partial charge < -0.3 is 9.40 Å². The Labute approximate surface area is 132 Å². The lowest BCUT2D eigenvalue weighted by molar-refractivity contribution is 0.502. The van der Waals surface area contributed by atoms with Crippen molar-refractivity contribution < 1.29 is 4.42 Å². The summed E-state index contributed by atoms with van der Waals surface area (Å²) in [5.74, 6) is 1.18. The van der Waals surface area contributed by atoms with Gasteiger partial charge in [0.25, 0.3) is 0 Å². The molecule has 0 aliphatic rings. The minimum atomic E-state index is 0.518. The fourth-order valence-electron chi connectivity index (χ4n) is 2.59. The largest absolute Gasteiger partial charge is 0.421 e. The predicted molar refractivity (Wildman–Crippen MR) is 85.6 cm³/mol. The second-order valence-corrected chi connectivity index (χ2v) is 5.48. The number of H-pyrrole nitrogens is 1. The van der Waals surface area contributed by atoms with Gasteiger partial charge in [0, 0.05) is 48.6 Å². The van der Waals surface area contributed by atoms with Gasteiger partial charge in [-0.2, -0.15) is 5.10 Å². The summed E-state index contributed by atoms with van der Waals surface area (Å²) in [4.78, 5) is 7.63. The standard InChI is InChI=1S/C16H16N6O/c1-3-4-14-20-21-16(23-14)13-8-18-15-12(13)5-10(6-17-15)11-7-19-22(2)9-11/h5-9H,3-4H2,1-2H3,(H,17,18). The average Bonchev–Trinajstić information content (AvgIpc) is 3.26. The van der Waals surface area contributed by atoms with E-state index in [1.807, 2.05) is 31.8 Å². The molecular formula is C16H16N6O. The number of aromatic amines is 1. The van der Waals surface area contributed by atoms with Crippen LogP contribution >= 0.6 is 0 Å². The van der Waals surface area contributed by atoms with Crippen LogP contribution in [-0.2, 0) is 13.5 Å². The molecular weight excluding hydrogens is 292 g/mol. The highest BCUT2D eigenvalue weighted by Gasteiger charge is 2.15. The van der Waals surface area contributed by atoms with Crippen molar-refractivity contribution in [3.8, 4) is 22.6 Å². The molecule has 0 unspecified atom stereocenters. The number of aryl methyl sites for hydroxylation is 2. The molecule has 23 heavy (non-hydrogen) atoms. The van der Waals surface area contributed by atoms with Crippen LogP contribution in [0.2, 0.25) is 0 Å². The molecule has 0 saturated carbocycles. The Balaban J connectivity index is 1.80. The first kappa shape index (κ1) is 13.7. The van der Waals surface area contributed by atoms with Gasteiger partial charge in [-0.25, -0.2) is 4.98 Å². The lowest BCUT2D eigenvalue weighted by Crippen LogP contribution is -1.84. The second-order valence-electron chi connectivity index (χ2n) is 5.48. The number of fused-ring (bicyclic) bond motifs is 1. The van der Waals surface area contributed by atoms with E-state index in [2.05, 4.69) is 38.3 Å². The van der Waals surface area contributed by atoms with Gasteiger partial charge in [0.2, 0.25) is 11.8 Å². The quantitative estimate of drug-likeness (QED) is 0.626. The molecule has 4 heterocycles. The van der Waals surface area contributed by atoms with E-state index in [4.69, 9.17) is 4.42 Å². The first-order valence-electron chi connectivity index (χ1n) is 7.53. The van der Waals surface area contributed by atoms with Crippen LogP contribution in [0.1, 0.15) is 19.2 Å². The van der Waals surface area contributed by atoms with Gasteiger partial charge in [-0.3, -0.25) is 4.68 Å². The third-order valence-electron chi connectivity index (χ3n) is 3.73. The van der Waals surface area contributed by atoms with Crippen LogP contribution in [-0.4, -0.2) is 29.9 Å². The van der Waals surface area contributed by atoms with E-state index in [9.17, 15) is 0 Å². The monoisotopic (exact) mass is 308 g/mol. The van der Waals surface area contributed by atoms with Crippen molar-refractivity contribution in [2.75, 3.05) is 0 Å². The summed E-state index contributed by atoms with van der Waals surface area (Å²) < 4.78 is 7.51. The number of hydrogen-bond donors (Lipinski definition) is 1. The normalized spacial score (nSPS) is 11.4. The van der Waals surface area contributed by atoms with Gasteiger partial charge in [-0.15, -0.1) is 10.2 Å². The molecule has 0 radical (unpaired) electrons. The summed E-state index contributed by atoms with van der Waals surface area (Å²) in [6.07, 6.45) is 9.23. The van der Waals surface area contributed by atoms with Gasteiger partial charge in [-0.05, 0) is 12.5 Å². The fraction of sp³-hybridized carbons (Fsp3) is 0.250. The summed E-state index contributed by atoms with van der Waals surface area (Å²) in [6, 6.07) is 2.06. The van der Waals surface area contributed by atoms with E-state index in [0.717, 1.165) is 40.6 Å². The predicted octanol–water partition coefficient (Wildman–Crippen LogP) is 2.97. The number of nitrogens with one attached hydrogen (secondary N) is 1. The molecule has 0 saturated heterocycles. The molecule has 0 aliphatic carbocycles. The van der Waals surface area contributed by atoms with Gasteiger partial charge in [0.05, 0.1) is 11.8 Å². The van der Waals surface area contributed by atoms with Crippen LogP contribution in [0.4, 0.5) is 0 Å². The van der Waals surface area contributed by atoms with Crippen LogP contribution in [0, 0.1) is 0 Å². The van der Waals surface area contributed by atoms with E-state index in [1.54, 1.807) is 4.68 Å². The molecule has 1 N–H and O–H groups in total. The zero-order chi connectivity index (χ0) is 15.8. The molecule has 4 aromatic heterocycles.